The van der Waals surface area contributed by atoms with E-state index >= 15 is 0 Å². The average Bonchev–Trinajstić information content (AvgIpc) is 0.825. The SMILES string of the molecule is COc1cc(N2C(=Nc3ccccc3)CC2c2ccccc2)cc(OC)c1OC.COc1ccc(C2CC(=Nc3ccccc3)N2c2ccc(OC)cc2)cc1.COc1ccc(C2CC(=Nc3ccccc3)N2c2ccccc2)cc1.COc1ccc(N2C(=Nc3ccccc3)CC2c2ccc(Cl)cc2)cc1.COc1ccc(N2C(=Nc3ccccc3)CC2c2ccccc2)cc1. The first-order valence-electron chi connectivity index (χ1n) is 44.0. The van der Waals surface area contributed by atoms with Crippen LogP contribution in [0.5, 0.6) is 46.0 Å². The third kappa shape index (κ3) is 21.7. The van der Waals surface area contributed by atoms with Crippen LogP contribution >= 0.6 is 11.6 Å². The number of halogens is 1. The number of hydrogen-bond acceptors (Lipinski definition) is 13. The Morgan fingerprint density at radius 1 is 0.205 bits per heavy atom. The molecule has 5 saturated heterocycles. The molecule has 0 amide bonds. The van der Waals surface area contributed by atoms with Gasteiger partial charge < -0.3 is 62.4 Å². The van der Waals surface area contributed by atoms with Gasteiger partial charge in [-0.3, -0.25) is 0 Å². The molecule has 0 bridgehead atoms. The van der Waals surface area contributed by atoms with E-state index in [2.05, 4.69) is 176 Å². The van der Waals surface area contributed by atoms with Gasteiger partial charge in [-0.1, -0.05) is 218 Å². The monoisotopic (exact) mass is 1760 g/mol. The lowest BCUT2D eigenvalue weighted by Gasteiger charge is -2.44. The van der Waals surface area contributed by atoms with Crippen molar-refractivity contribution in [3.05, 3.63) is 433 Å². The average molecular weight is 1770 g/mol. The lowest BCUT2D eigenvalue weighted by Crippen LogP contribution is -2.46. The van der Waals surface area contributed by atoms with E-state index in [1.165, 1.54) is 33.5 Å². The highest BCUT2D eigenvalue weighted by Crippen LogP contribution is 2.50. The summed E-state index contributed by atoms with van der Waals surface area (Å²) in [5.41, 5.74) is 16.6. The van der Waals surface area contributed by atoms with Crippen LogP contribution in [-0.4, -0.2) is 86.1 Å². The topological polar surface area (TPSA) is 152 Å². The summed E-state index contributed by atoms with van der Waals surface area (Å²) in [6.45, 7) is 0. The van der Waals surface area contributed by atoms with Crippen molar-refractivity contribution in [3.8, 4) is 46.0 Å². The van der Waals surface area contributed by atoms with E-state index in [4.69, 9.17) is 74.5 Å². The zero-order chi connectivity index (χ0) is 90.9. The van der Waals surface area contributed by atoms with Gasteiger partial charge in [0.15, 0.2) is 11.5 Å². The fraction of sp³-hybridized carbons (Fsp3) is 0.159. The molecule has 0 spiro atoms. The van der Waals surface area contributed by atoms with Crippen LogP contribution in [0.25, 0.3) is 0 Å². The molecule has 0 N–H and O–H groups in total. The summed E-state index contributed by atoms with van der Waals surface area (Å²) in [4.78, 5) is 35.7. The predicted molar refractivity (Wildman–Crippen MR) is 539 cm³/mol. The smallest absolute Gasteiger partial charge is 0.203 e. The maximum Gasteiger partial charge on any atom is 0.203 e. The van der Waals surface area contributed by atoms with E-state index in [0.29, 0.717) is 29.3 Å². The molecule has 15 aromatic rings. The van der Waals surface area contributed by atoms with Gasteiger partial charge in [0.05, 0.1) is 121 Å². The largest absolute Gasteiger partial charge is 0.497 e. The first kappa shape index (κ1) is 89.7. The Morgan fingerprint density at radius 2 is 0.402 bits per heavy atom. The zero-order valence-electron chi connectivity index (χ0n) is 75.1. The third-order valence-corrected chi connectivity index (χ3v) is 23.8. The molecular formula is C113H105ClN10O8. The van der Waals surface area contributed by atoms with Gasteiger partial charge in [-0.05, 0) is 210 Å². The van der Waals surface area contributed by atoms with Crippen molar-refractivity contribution < 1.29 is 37.9 Å². The van der Waals surface area contributed by atoms with Crippen molar-refractivity contribution in [3.63, 3.8) is 0 Å². The van der Waals surface area contributed by atoms with E-state index in [1.807, 2.05) is 249 Å². The summed E-state index contributed by atoms with van der Waals surface area (Å²) in [6, 6.07) is 136. The summed E-state index contributed by atoms with van der Waals surface area (Å²) >= 11 is 6.05. The first-order chi connectivity index (χ1) is 65.0. The summed E-state index contributed by atoms with van der Waals surface area (Å²) in [7, 11) is 13.3. The number of ether oxygens (including phenoxy) is 8. The Morgan fingerprint density at radius 3 is 0.629 bits per heavy atom. The minimum absolute atomic E-state index is 0.196. The molecular weight excluding hydrogens is 1660 g/mol. The van der Waals surface area contributed by atoms with Crippen LogP contribution in [0.1, 0.15) is 90.1 Å². The second-order valence-corrected chi connectivity index (χ2v) is 31.9. The quantitative estimate of drug-likeness (QED) is 0.0598. The molecule has 5 atom stereocenters. The van der Waals surface area contributed by atoms with Gasteiger partial charge in [0.25, 0.3) is 0 Å². The number of aliphatic imine (C=N–C) groups is 5. The zero-order valence-corrected chi connectivity index (χ0v) is 75.9. The molecule has 0 aromatic heterocycles. The number of benzene rings is 15. The maximum absolute atomic E-state index is 6.05. The molecule has 662 valence electrons. The van der Waals surface area contributed by atoms with Gasteiger partial charge in [0, 0.05) is 72.0 Å². The summed E-state index contributed by atoms with van der Waals surface area (Å²) in [5, 5.41) is 0.752. The standard InChI is InChI=1S/C24H24N2O3.C23H22N2O2.C22H19ClN2O.2C22H20N2O/c1-27-21-14-19(15-22(28-2)24(21)29-3)26-20(17-10-6-4-7-11-17)16-23(26)25-18-12-8-5-9-13-18;1-26-20-12-8-17(9-13-20)22-16-23(24-18-6-4-3-5-7-18)25(22)19-10-14-21(27-2)15-11-19;1-26-20-13-11-19(12-14-20)25-21(16-7-9-17(23)10-8-16)15-22(25)24-18-5-3-2-4-6-18;1-25-20-14-12-17(13-15-20)21-16-22(23-18-8-4-2-5-9-18)24(21)19-10-6-3-7-11-19;1-25-20-14-12-19(13-15-20)24-21(17-8-4-2-5-9-17)16-22(24)23-18-10-6-3-7-11-18/h4-15,20H,16H2,1-3H3;3-15,22H,16H2,1-2H3;2-14,21H,15H2,1H3;2*2-15,21H,16H2,1H3. The molecule has 5 heterocycles. The van der Waals surface area contributed by atoms with Crippen LogP contribution in [0.3, 0.4) is 0 Å². The van der Waals surface area contributed by atoms with Crippen molar-refractivity contribution in [2.24, 2.45) is 25.0 Å². The molecule has 20 rings (SSSR count). The highest BCUT2D eigenvalue weighted by atomic mass is 35.5. The minimum Gasteiger partial charge on any atom is -0.497 e. The van der Waals surface area contributed by atoms with Gasteiger partial charge in [-0.25, -0.2) is 25.0 Å². The minimum atomic E-state index is 0.196. The molecule has 0 aliphatic carbocycles. The predicted octanol–water partition coefficient (Wildman–Crippen LogP) is 27.6. The molecule has 15 aromatic carbocycles. The summed E-state index contributed by atoms with van der Waals surface area (Å²) in [5.74, 6) is 11.4. The Kier molecular flexibility index (Phi) is 29.8. The Labute approximate surface area is 778 Å². The lowest BCUT2D eigenvalue weighted by atomic mass is 9.92. The van der Waals surface area contributed by atoms with E-state index in [1.54, 1.807) is 56.9 Å². The lowest BCUT2D eigenvalue weighted by molar-refractivity contribution is 0.324. The van der Waals surface area contributed by atoms with E-state index in [0.717, 1.165) is 146 Å². The number of para-hydroxylation sites is 6. The molecule has 5 unspecified atom stereocenters. The molecule has 18 nitrogen and oxygen atoms in total. The maximum atomic E-state index is 6.05. The third-order valence-electron chi connectivity index (χ3n) is 23.5. The van der Waals surface area contributed by atoms with Crippen LogP contribution in [0, 0.1) is 0 Å². The normalized spacial score (nSPS) is 17.7. The highest BCUT2D eigenvalue weighted by Gasteiger charge is 2.42. The van der Waals surface area contributed by atoms with Gasteiger partial charge in [0.2, 0.25) is 5.75 Å². The van der Waals surface area contributed by atoms with Crippen LogP contribution in [0.15, 0.2) is 425 Å². The van der Waals surface area contributed by atoms with Crippen molar-refractivity contribution in [2.75, 3.05) is 81.4 Å². The van der Waals surface area contributed by atoms with Crippen LogP contribution < -0.4 is 62.4 Å². The fourth-order valence-electron chi connectivity index (χ4n) is 16.6. The number of methoxy groups -OCH3 is 8. The first-order valence-corrected chi connectivity index (χ1v) is 44.3. The Hall–Kier alpha value is -15.7. The second kappa shape index (κ2) is 43.9. The van der Waals surface area contributed by atoms with Gasteiger partial charge in [-0.2, -0.15) is 0 Å². The Bertz CT molecular complexity index is 6340. The fourth-order valence-corrected chi connectivity index (χ4v) is 16.7. The van der Waals surface area contributed by atoms with Gasteiger partial charge in [0.1, 0.15) is 57.9 Å². The van der Waals surface area contributed by atoms with Crippen molar-refractivity contribution in [1.82, 2.24) is 0 Å². The van der Waals surface area contributed by atoms with Crippen LogP contribution in [-0.2, 0) is 0 Å². The molecule has 19 heteroatoms. The molecule has 5 aliphatic heterocycles. The number of hydrogen-bond donors (Lipinski definition) is 0. The molecule has 0 radical (unpaired) electrons. The molecule has 5 fully saturated rings. The van der Waals surface area contributed by atoms with E-state index < -0.39 is 0 Å². The van der Waals surface area contributed by atoms with Crippen molar-refractivity contribution >= 4 is 97.7 Å². The van der Waals surface area contributed by atoms with Gasteiger partial charge in [-0.15, -0.1) is 0 Å². The number of amidine groups is 5. The van der Waals surface area contributed by atoms with E-state index in [-0.39, 0.29) is 18.1 Å². The molecule has 5 aliphatic rings. The van der Waals surface area contributed by atoms with Crippen LogP contribution in [0.2, 0.25) is 5.02 Å². The van der Waals surface area contributed by atoms with Crippen molar-refractivity contribution in [2.45, 2.75) is 62.3 Å². The summed E-state index contributed by atoms with van der Waals surface area (Å²) in [6.07, 6.45) is 4.51. The van der Waals surface area contributed by atoms with Crippen LogP contribution in [0.4, 0.5) is 56.9 Å². The second-order valence-electron chi connectivity index (χ2n) is 31.5. The Balaban J connectivity index is 0.000000120. The summed E-state index contributed by atoms with van der Waals surface area (Å²) < 4.78 is 43.0. The number of nitrogens with zero attached hydrogens (tertiary/aromatic N) is 10. The number of anilines is 5. The number of rotatable bonds is 23. The van der Waals surface area contributed by atoms with Gasteiger partial charge >= 0.3 is 0 Å². The van der Waals surface area contributed by atoms with Crippen molar-refractivity contribution in [1.29, 1.82) is 0 Å². The van der Waals surface area contributed by atoms with E-state index in [9.17, 15) is 0 Å². The molecule has 132 heavy (non-hydrogen) atoms. The molecule has 0 saturated carbocycles. The highest BCUT2D eigenvalue weighted by molar-refractivity contribution is 6.30.